The third-order valence-electron chi connectivity index (χ3n) is 4.08. The van der Waals surface area contributed by atoms with E-state index in [9.17, 15) is 4.79 Å². The van der Waals surface area contributed by atoms with Gasteiger partial charge in [-0.15, -0.1) is 11.8 Å². The zero-order chi connectivity index (χ0) is 19.2. The summed E-state index contributed by atoms with van der Waals surface area (Å²) >= 11 is 5.17. The van der Waals surface area contributed by atoms with Gasteiger partial charge in [-0.1, -0.05) is 29.8 Å². The third kappa shape index (κ3) is 5.15. The Morgan fingerprint density at radius 2 is 1.81 bits per heavy atom. The van der Waals surface area contributed by atoms with Gasteiger partial charge < -0.3 is 10.1 Å². The van der Waals surface area contributed by atoms with Gasteiger partial charge in [0.1, 0.15) is 5.75 Å². The molecule has 0 radical (unpaired) electrons. The number of ether oxygens (including phenoxy) is 1. The average Bonchev–Trinajstić information content (AvgIpc) is 2.69. The second-order valence-corrected chi connectivity index (χ2v) is 7.97. The number of carbonyl (C=O) groups excluding carboxylic acids is 1. The maximum absolute atomic E-state index is 12.7. The van der Waals surface area contributed by atoms with Crippen LogP contribution < -0.4 is 10.1 Å². The number of carbonyl (C=O) groups is 1. The lowest BCUT2D eigenvalue weighted by atomic mass is 10.1. The van der Waals surface area contributed by atoms with E-state index in [0.29, 0.717) is 5.56 Å². The molecule has 0 aliphatic carbocycles. The first-order valence-corrected chi connectivity index (χ1v) is 10.3. The molecule has 27 heavy (non-hydrogen) atoms. The minimum absolute atomic E-state index is 0.147. The van der Waals surface area contributed by atoms with E-state index in [4.69, 9.17) is 4.74 Å². The summed E-state index contributed by atoms with van der Waals surface area (Å²) in [7, 11) is 1.65. The Labute approximate surface area is 172 Å². The summed E-state index contributed by atoms with van der Waals surface area (Å²) in [5.41, 5.74) is 3.57. The highest BCUT2D eigenvalue weighted by molar-refractivity contribution is 9.10. The molecule has 5 heteroatoms. The molecule has 0 bridgehead atoms. The molecule has 3 rings (SSSR count). The predicted octanol–water partition coefficient (Wildman–Crippen LogP) is 6.31. The first-order chi connectivity index (χ1) is 13.1. The molecule has 0 aliphatic rings. The molecule has 1 N–H and O–H groups in total. The van der Waals surface area contributed by atoms with E-state index in [1.165, 1.54) is 10.5 Å². The van der Waals surface area contributed by atoms with Crippen molar-refractivity contribution in [2.75, 3.05) is 12.4 Å². The Balaban J connectivity index is 1.77. The molecule has 0 heterocycles. The number of hydrogen-bond acceptors (Lipinski definition) is 3. The zero-order valence-corrected chi connectivity index (χ0v) is 17.6. The molecular weight excluding hydrogens is 422 g/mol. The van der Waals surface area contributed by atoms with Crippen molar-refractivity contribution in [3.63, 3.8) is 0 Å². The average molecular weight is 442 g/mol. The van der Waals surface area contributed by atoms with Crippen LogP contribution in [0.2, 0.25) is 0 Å². The number of benzene rings is 3. The normalized spacial score (nSPS) is 10.5. The van der Waals surface area contributed by atoms with Gasteiger partial charge in [0.15, 0.2) is 0 Å². The van der Waals surface area contributed by atoms with Crippen LogP contribution in [-0.4, -0.2) is 13.0 Å². The Bertz CT molecular complexity index is 941. The minimum atomic E-state index is -0.147. The SMILES string of the molecule is COc1ccc(C(=O)Nc2ccccc2Br)cc1CSc1ccc(C)cc1. The molecule has 1 amide bonds. The van der Waals surface area contributed by atoms with Crippen LogP contribution in [0.3, 0.4) is 0 Å². The molecule has 0 unspecified atom stereocenters. The molecule has 3 aromatic carbocycles. The first kappa shape index (κ1) is 19.5. The van der Waals surface area contributed by atoms with Crippen LogP contribution in [0.25, 0.3) is 0 Å². The summed E-state index contributed by atoms with van der Waals surface area (Å²) in [4.78, 5) is 13.8. The van der Waals surface area contributed by atoms with Crippen LogP contribution in [0.15, 0.2) is 76.1 Å². The van der Waals surface area contributed by atoms with Gasteiger partial charge in [-0.3, -0.25) is 4.79 Å². The lowest BCUT2D eigenvalue weighted by Crippen LogP contribution is -2.12. The van der Waals surface area contributed by atoms with Gasteiger partial charge in [-0.2, -0.15) is 0 Å². The van der Waals surface area contributed by atoms with Crippen molar-refractivity contribution < 1.29 is 9.53 Å². The van der Waals surface area contributed by atoms with Gasteiger partial charge in [0, 0.05) is 26.2 Å². The number of halogens is 1. The highest BCUT2D eigenvalue weighted by atomic mass is 79.9. The maximum atomic E-state index is 12.7. The number of para-hydroxylation sites is 1. The summed E-state index contributed by atoms with van der Waals surface area (Å²) < 4.78 is 6.32. The summed E-state index contributed by atoms with van der Waals surface area (Å²) in [5.74, 6) is 1.36. The Kier molecular flexibility index (Phi) is 6.58. The summed E-state index contributed by atoms with van der Waals surface area (Å²) in [6.07, 6.45) is 0. The number of nitrogens with one attached hydrogen (secondary N) is 1. The fourth-order valence-electron chi connectivity index (χ4n) is 2.59. The van der Waals surface area contributed by atoms with Crippen LogP contribution in [0.1, 0.15) is 21.5 Å². The standard InChI is InChI=1S/C22H20BrNO2S/c1-15-7-10-18(11-8-15)27-14-17-13-16(9-12-21(17)26-2)22(25)24-20-6-4-3-5-19(20)23/h3-13H,14H2,1-2H3,(H,24,25). The van der Waals surface area contributed by atoms with Crippen molar-refractivity contribution in [3.05, 3.63) is 87.9 Å². The largest absolute Gasteiger partial charge is 0.496 e. The monoisotopic (exact) mass is 441 g/mol. The van der Waals surface area contributed by atoms with Crippen LogP contribution >= 0.6 is 27.7 Å². The second-order valence-electron chi connectivity index (χ2n) is 6.06. The number of hydrogen-bond donors (Lipinski definition) is 1. The molecule has 0 fully saturated rings. The predicted molar refractivity (Wildman–Crippen MR) is 116 cm³/mol. The second kappa shape index (κ2) is 9.11. The van der Waals surface area contributed by atoms with Gasteiger partial charge in [0.05, 0.1) is 12.8 Å². The van der Waals surface area contributed by atoms with Crippen LogP contribution in [0.5, 0.6) is 5.75 Å². The highest BCUT2D eigenvalue weighted by Gasteiger charge is 2.12. The number of methoxy groups -OCH3 is 1. The van der Waals surface area contributed by atoms with Crippen molar-refractivity contribution in [2.24, 2.45) is 0 Å². The van der Waals surface area contributed by atoms with E-state index >= 15 is 0 Å². The smallest absolute Gasteiger partial charge is 0.255 e. The topological polar surface area (TPSA) is 38.3 Å². The molecule has 0 aliphatic heterocycles. The molecule has 0 saturated heterocycles. The lowest BCUT2D eigenvalue weighted by molar-refractivity contribution is 0.102. The molecule has 0 aromatic heterocycles. The number of amides is 1. The lowest BCUT2D eigenvalue weighted by Gasteiger charge is -2.12. The Hall–Kier alpha value is -2.24. The highest BCUT2D eigenvalue weighted by Crippen LogP contribution is 2.29. The molecule has 0 saturated carbocycles. The number of thioether (sulfide) groups is 1. The van der Waals surface area contributed by atoms with Crippen molar-refractivity contribution in [1.82, 2.24) is 0 Å². The van der Waals surface area contributed by atoms with Crippen LogP contribution in [0.4, 0.5) is 5.69 Å². The van der Waals surface area contributed by atoms with E-state index in [1.54, 1.807) is 24.9 Å². The Morgan fingerprint density at radius 1 is 1.07 bits per heavy atom. The quantitative estimate of drug-likeness (QED) is 0.455. The Morgan fingerprint density at radius 3 is 2.52 bits per heavy atom. The molecule has 0 atom stereocenters. The van der Waals surface area contributed by atoms with E-state index < -0.39 is 0 Å². The van der Waals surface area contributed by atoms with E-state index in [0.717, 1.165) is 27.2 Å². The maximum Gasteiger partial charge on any atom is 0.255 e. The van der Waals surface area contributed by atoms with Crippen molar-refractivity contribution in [2.45, 2.75) is 17.6 Å². The van der Waals surface area contributed by atoms with Gasteiger partial charge in [-0.25, -0.2) is 0 Å². The summed E-state index contributed by atoms with van der Waals surface area (Å²) in [6, 6.07) is 21.5. The van der Waals surface area contributed by atoms with Gasteiger partial charge in [0.25, 0.3) is 5.91 Å². The summed E-state index contributed by atoms with van der Waals surface area (Å²) in [5, 5.41) is 2.94. The zero-order valence-electron chi connectivity index (χ0n) is 15.2. The third-order valence-corrected chi connectivity index (χ3v) is 5.83. The van der Waals surface area contributed by atoms with Gasteiger partial charge in [0.2, 0.25) is 0 Å². The number of aryl methyl sites for hydroxylation is 1. The first-order valence-electron chi connectivity index (χ1n) is 8.49. The molecule has 3 nitrogen and oxygen atoms in total. The van der Waals surface area contributed by atoms with Crippen molar-refractivity contribution in [1.29, 1.82) is 0 Å². The minimum Gasteiger partial charge on any atom is -0.496 e. The molecular formula is C22H20BrNO2S. The van der Waals surface area contributed by atoms with Crippen LogP contribution in [-0.2, 0) is 5.75 Å². The molecule has 138 valence electrons. The summed E-state index contributed by atoms with van der Waals surface area (Å²) in [6.45, 7) is 2.07. The van der Waals surface area contributed by atoms with Crippen molar-refractivity contribution >= 4 is 39.3 Å². The van der Waals surface area contributed by atoms with E-state index in [1.807, 2.05) is 36.4 Å². The molecule has 0 spiro atoms. The number of anilines is 1. The van der Waals surface area contributed by atoms with Crippen LogP contribution in [0, 0.1) is 6.92 Å². The van der Waals surface area contributed by atoms with Crippen molar-refractivity contribution in [3.8, 4) is 5.75 Å². The molecule has 3 aromatic rings. The van der Waals surface area contributed by atoms with Gasteiger partial charge in [-0.05, 0) is 65.3 Å². The van der Waals surface area contributed by atoms with E-state index in [-0.39, 0.29) is 5.91 Å². The fraction of sp³-hybridized carbons (Fsp3) is 0.136. The van der Waals surface area contributed by atoms with Gasteiger partial charge >= 0.3 is 0 Å². The number of rotatable bonds is 6. The van der Waals surface area contributed by atoms with E-state index in [2.05, 4.69) is 52.4 Å². The fourth-order valence-corrected chi connectivity index (χ4v) is 3.85.